The van der Waals surface area contributed by atoms with Crippen LogP contribution < -0.4 is 5.32 Å². The first kappa shape index (κ1) is 17.9. The molecule has 0 spiro atoms. The molecule has 0 bridgehead atoms. The molecule has 5 heteroatoms. The summed E-state index contributed by atoms with van der Waals surface area (Å²) in [5, 5.41) is 3.09. The topological polar surface area (TPSA) is 55.4 Å². The molecule has 0 unspecified atom stereocenters. The molecule has 1 aromatic rings. The first-order valence-corrected chi connectivity index (χ1v) is 9.27. The molecule has 0 atom stereocenters. The van der Waals surface area contributed by atoms with Gasteiger partial charge in [0.2, 0.25) is 0 Å². The van der Waals surface area contributed by atoms with Crippen LogP contribution in [0, 0.1) is 13.8 Å². The second kappa shape index (κ2) is 6.45. The minimum atomic E-state index is -0.379. The van der Waals surface area contributed by atoms with Crippen molar-refractivity contribution in [2.24, 2.45) is 0 Å². The van der Waals surface area contributed by atoms with Crippen LogP contribution in [0.5, 0.6) is 0 Å². The van der Waals surface area contributed by atoms with Gasteiger partial charge in [-0.05, 0) is 38.0 Å². The number of hydrogen-bond donors (Lipinski definition) is 1. The molecule has 1 N–H and O–H groups in total. The Morgan fingerprint density at radius 2 is 1.84 bits per heavy atom. The van der Waals surface area contributed by atoms with Gasteiger partial charge in [0.25, 0.3) is 5.91 Å². The van der Waals surface area contributed by atoms with E-state index < -0.39 is 0 Å². The number of quaternary nitrogens is 1. The maximum atomic E-state index is 13.2. The normalized spacial score (nSPS) is 20.2. The highest BCUT2D eigenvalue weighted by Crippen LogP contribution is 2.49. The minimum Gasteiger partial charge on any atom is -0.462 e. The van der Waals surface area contributed by atoms with E-state index in [-0.39, 0.29) is 17.4 Å². The number of carbonyl (C=O) groups is 2. The SMILES string of the molecule is CCOC(=O)c1cc(C)cc(C)c1NC(=O)C1([N+]2(C)CCCC2)CC1. The summed E-state index contributed by atoms with van der Waals surface area (Å²) in [4.78, 5) is 25.5. The number of aryl methyl sites for hydroxylation is 2. The zero-order chi connectivity index (χ0) is 18.2. The average molecular weight is 345 g/mol. The van der Waals surface area contributed by atoms with E-state index in [2.05, 4.69) is 12.4 Å². The largest absolute Gasteiger partial charge is 0.462 e. The highest BCUT2D eigenvalue weighted by Gasteiger charge is 2.64. The summed E-state index contributed by atoms with van der Waals surface area (Å²) in [5.41, 5.74) is 2.62. The zero-order valence-electron chi connectivity index (χ0n) is 15.8. The summed E-state index contributed by atoms with van der Waals surface area (Å²) in [6.07, 6.45) is 4.22. The summed E-state index contributed by atoms with van der Waals surface area (Å²) < 4.78 is 6.02. The Morgan fingerprint density at radius 1 is 1.20 bits per heavy atom. The number of likely N-dealkylation sites (tertiary alicyclic amines) is 1. The Bertz CT molecular complexity index is 701. The molecule has 0 aromatic heterocycles. The van der Waals surface area contributed by atoms with E-state index in [1.165, 1.54) is 12.8 Å². The molecule has 1 heterocycles. The summed E-state index contributed by atoms with van der Waals surface area (Å²) in [6, 6.07) is 3.79. The molecule has 0 radical (unpaired) electrons. The predicted octanol–water partition coefficient (Wildman–Crippen LogP) is 3.19. The predicted molar refractivity (Wildman–Crippen MR) is 97.6 cm³/mol. The maximum Gasteiger partial charge on any atom is 0.340 e. The highest BCUT2D eigenvalue weighted by atomic mass is 16.5. The van der Waals surface area contributed by atoms with E-state index in [0.717, 1.165) is 41.5 Å². The van der Waals surface area contributed by atoms with E-state index in [9.17, 15) is 9.59 Å². The van der Waals surface area contributed by atoms with Crippen LogP contribution in [0.3, 0.4) is 0 Å². The van der Waals surface area contributed by atoms with E-state index in [0.29, 0.717) is 17.9 Å². The Hall–Kier alpha value is -1.88. The number of rotatable bonds is 5. The van der Waals surface area contributed by atoms with Crippen LogP contribution in [0.2, 0.25) is 0 Å². The Kier molecular flexibility index (Phi) is 4.62. The van der Waals surface area contributed by atoms with Gasteiger partial charge in [-0.3, -0.25) is 4.79 Å². The van der Waals surface area contributed by atoms with Crippen molar-refractivity contribution in [1.82, 2.24) is 0 Å². The summed E-state index contributed by atoms with van der Waals surface area (Å²) in [6.45, 7) is 8.10. The summed E-state index contributed by atoms with van der Waals surface area (Å²) in [7, 11) is 2.20. The van der Waals surface area contributed by atoms with E-state index in [1.54, 1.807) is 13.0 Å². The Morgan fingerprint density at radius 3 is 2.40 bits per heavy atom. The van der Waals surface area contributed by atoms with Crippen LogP contribution in [-0.2, 0) is 9.53 Å². The third-order valence-corrected chi connectivity index (χ3v) is 5.95. The second-order valence-corrected chi connectivity index (χ2v) is 7.76. The fourth-order valence-electron chi connectivity index (χ4n) is 4.33. The number of nitrogens with zero attached hydrogens (tertiary/aromatic N) is 1. The number of nitrogens with one attached hydrogen (secondary N) is 1. The highest BCUT2D eigenvalue weighted by molar-refractivity contribution is 6.05. The molecule has 1 saturated carbocycles. The van der Waals surface area contributed by atoms with Crippen molar-refractivity contribution in [2.75, 3.05) is 32.1 Å². The molecule has 25 heavy (non-hydrogen) atoms. The molecule has 2 aliphatic rings. The Labute approximate surface area is 149 Å². The number of amides is 1. The lowest BCUT2D eigenvalue weighted by molar-refractivity contribution is -0.923. The van der Waals surface area contributed by atoms with E-state index in [4.69, 9.17) is 4.74 Å². The second-order valence-electron chi connectivity index (χ2n) is 7.76. The molecule has 2 fully saturated rings. The lowest BCUT2D eigenvalue weighted by Crippen LogP contribution is -2.57. The number of likely N-dealkylation sites (N-methyl/N-ethyl adjacent to an activating group) is 1. The molecule has 1 amide bonds. The zero-order valence-corrected chi connectivity index (χ0v) is 15.8. The molecule has 1 aliphatic carbocycles. The average Bonchev–Trinajstić information content (AvgIpc) is 3.27. The van der Waals surface area contributed by atoms with Gasteiger partial charge in [-0.15, -0.1) is 0 Å². The lowest BCUT2D eigenvalue weighted by Gasteiger charge is -2.37. The van der Waals surface area contributed by atoms with Crippen LogP contribution in [0.25, 0.3) is 0 Å². The molecule has 1 aromatic carbocycles. The van der Waals surface area contributed by atoms with Crippen LogP contribution in [0.1, 0.15) is 54.1 Å². The van der Waals surface area contributed by atoms with Crippen LogP contribution in [0.4, 0.5) is 5.69 Å². The molecule has 136 valence electrons. The summed E-state index contributed by atoms with van der Waals surface area (Å²) in [5.74, 6) is -0.328. The summed E-state index contributed by atoms with van der Waals surface area (Å²) >= 11 is 0. The van der Waals surface area contributed by atoms with Crippen LogP contribution >= 0.6 is 0 Å². The Balaban J connectivity index is 1.90. The third kappa shape index (κ3) is 3.06. The van der Waals surface area contributed by atoms with Crippen LogP contribution in [0.15, 0.2) is 12.1 Å². The van der Waals surface area contributed by atoms with Crippen molar-refractivity contribution >= 4 is 17.6 Å². The van der Waals surface area contributed by atoms with Gasteiger partial charge >= 0.3 is 5.97 Å². The van der Waals surface area contributed by atoms with Gasteiger partial charge in [-0.2, -0.15) is 0 Å². The van der Waals surface area contributed by atoms with Crippen molar-refractivity contribution in [3.63, 3.8) is 0 Å². The number of carbonyl (C=O) groups excluding carboxylic acids is 2. The van der Waals surface area contributed by atoms with Gasteiger partial charge in [0.1, 0.15) is 0 Å². The van der Waals surface area contributed by atoms with Crippen molar-refractivity contribution < 1.29 is 18.8 Å². The van der Waals surface area contributed by atoms with Gasteiger partial charge in [0.05, 0.1) is 38.0 Å². The lowest BCUT2D eigenvalue weighted by atomic mass is 10.0. The first-order valence-electron chi connectivity index (χ1n) is 9.27. The monoisotopic (exact) mass is 345 g/mol. The maximum absolute atomic E-state index is 13.2. The van der Waals surface area contributed by atoms with Gasteiger partial charge in [-0.25, -0.2) is 4.79 Å². The number of anilines is 1. The quantitative estimate of drug-likeness (QED) is 0.659. The standard InChI is InChI=1S/C20H28N2O3/c1-5-25-18(23)16-13-14(2)12-15(3)17(16)21-19(24)20(8-9-20)22(4)10-6-7-11-22/h12-13H,5-11H2,1-4H3/p+1. The molecular weight excluding hydrogens is 316 g/mol. The number of esters is 1. The molecule has 1 aliphatic heterocycles. The van der Waals surface area contributed by atoms with Crippen LogP contribution in [-0.4, -0.2) is 48.6 Å². The van der Waals surface area contributed by atoms with Crippen molar-refractivity contribution in [1.29, 1.82) is 0 Å². The van der Waals surface area contributed by atoms with Gasteiger partial charge in [0, 0.05) is 25.7 Å². The van der Waals surface area contributed by atoms with Crippen molar-refractivity contribution in [2.45, 2.75) is 52.0 Å². The minimum absolute atomic E-state index is 0.0504. The number of ether oxygens (including phenoxy) is 1. The smallest absolute Gasteiger partial charge is 0.340 e. The molecule has 5 nitrogen and oxygen atoms in total. The third-order valence-electron chi connectivity index (χ3n) is 5.95. The molecule has 1 saturated heterocycles. The van der Waals surface area contributed by atoms with E-state index in [1.807, 2.05) is 19.9 Å². The first-order chi connectivity index (χ1) is 11.8. The van der Waals surface area contributed by atoms with Gasteiger partial charge in [-0.1, -0.05) is 6.07 Å². The number of benzene rings is 1. The molecular formula is C20H29N2O3+. The number of hydrogen-bond acceptors (Lipinski definition) is 3. The van der Waals surface area contributed by atoms with Crippen molar-refractivity contribution in [3.05, 3.63) is 28.8 Å². The van der Waals surface area contributed by atoms with Gasteiger partial charge < -0.3 is 14.5 Å². The molecule has 3 rings (SSSR count). The van der Waals surface area contributed by atoms with Gasteiger partial charge in [0.15, 0.2) is 5.54 Å². The fraction of sp³-hybridized carbons (Fsp3) is 0.600. The fourth-order valence-corrected chi connectivity index (χ4v) is 4.33. The van der Waals surface area contributed by atoms with Crippen molar-refractivity contribution in [3.8, 4) is 0 Å². The van der Waals surface area contributed by atoms with E-state index >= 15 is 0 Å².